The maximum Gasteiger partial charge on any atom is 0.252 e. The van der Waals surface area contributed by atoms with Crippen molar-refractivity contribution in [3.63, 3.8) is 0 Å². The summed E-state index contributed by atoms with van der Waals surface area (Å²) in [4.78, 5) is 18.8. The minimum absolute atomic E-state index is 0.193. The number of aromatic nitrogens is 1. The van der Waals surface area contributed by atoms with Gasteiger partial charge in [0, 0.05) is 29.6 Å². The van der Waals surface area contributed by atoms with Crippen molar-refractivity contribution >= 4 is 16.8 Å². The van der Waals surface area contributed by atoms with Gasteiger partial charge in [-0.1, -0.05) is 23.3 Å². The summed E-state index contributed by atoms with van der Waals surface area (Å²) in [5.41, 5.74) is 9.48. The minimum atomic E-state index is -0.193. The fourth-order valence-electron chi connectivity index (χ4n) is 1.65. The molecule has 1 N–H and O–H groups in total. The van der Waals surface area contributed by atoms with Crippen molar-refractivity contribution in [2.45, 2.75) is 0 Å². The van der Waals surface area contributed by atoms with E-state index in [0.717, 1.165) is 10.9 Å². The van der Waals surface area contributed by atoms with Crippen LogP contribution in [0.25, 0.3) is 21.3 Å². The highest BCUT2D eigenvalue weighted by Gasteiger charge is 2.08. The molecule has 1 amide bonds. The molecule has 0 aliphatic rings. The van der Waals surface area contributed by atoms with E-state index in [9.17, 15) is 4.79 Å². The Hall–Kier alpha value is -2.59. The van der Waals surface area contributed by atoms with Gasteiger partial charge < -0.3 is 5.32 Å². The topological polar surface area (TPSA) is 90.8 Å². The Morgan fingerprint density at radius 1 is 1.39 bits per heavy atom. The maximum atomic E-state index is 11.9. The van der Waals surface area contributed by atoms with Crippen LogP contribution in [0, 0.1) is 0 Å². The lowest BCUT2D eigenvalue weighted by Crippen LogP contribution is -2.26. The Balaban J connectivity index is 2.20. The summed E-state index contributed by atoms with van der Waals surface area (Å²) in [6.07, 6.45) is 1.60. The third-order valence-corrected chi connectivity index (χ3v) is 2.45. The number of carbonyl (C=O) groups excluding carboxylic acids is 1. The summed E-state index contributed by atoms with van der Waals surface area (Å²) in [5, 5.41) is 6.85. The fourth-order valence-corrected chi connectivity index (χ4v) is 1.65. The predicted octanol–water partition coefficient (Wildman–Crippen LogP) is 2.27. The molecule has 18 heavy (non-hydrogen) atoms. The SMILES string of the molecule is [N-]=[N+]=NCCNC(=O)c1ccnc2ccccc12. The fraction of sp³-hybridized carbons (Fsp3) is 0.167. The van der Waals surface area contributed by atoms with E-state index < -0.39 is 0 Å². The largest absolute Gasteiger partial charge is 0.352 e. The van der Waals surface area contributed by atoms with E-state index in [-0.39, 0.29) is 12.5 Å². The normalized spacial score (nSPS) is 9.78. The van der Waals surface area contributed by atoms with Crippen LogP contribution in [0.15, 0.2) is 41.6 Å². The summed E-state index contributed by atoms with van der Waals surface area (Å²) >= 11 is 0. The van der Waals surface area contributed by atoms with Gasteiger partial charge in [-0.15, -0.1) is 0 Å². The molecule has 0 radical (unpaired) electrons. The third-order valence-electron chi connectivity index (χ3n) is 2.45. The van der Waals surface area contributed by atoms with Gasteiger partial charge in [-0.05, 0) is 17.7 Å². The highest BCUT2D eigenvalue weighted by atomic mass is 16.1. The van der Waals surface area contributed by atoms with Crippen LogP contribution in [-0.4, -0.2) is 24.0 Å². The van der Waals surface area contributed by atoms with E-state index in [0.29, 0.717) is 12.1 Å². The van der Waals surface area contributed by atoms with Gasteiger partial charge >= 0.3 is 0 Å². The molecule has 0 unspecified atom stereocenters. The Kier molecular flexibility index (Phi) is 3.73. The first kappa shape index (κ1) is 11.9. The van der Waals surface area contributed by atoms with Gasteiger partial charge in [-0.2, -0.15) is 0 Å². The number of hydrogen-bond acceptors (Lipinski definition) is 3. The molecular weight excluding hydrogens is 230 g/mol. The van der Waals surface area contributed by atoms with Crippen molar-refractivity contribution in [1.29, 1.82) is 0 Å². The average molecular weight is 241 g/mol. The standard InChI is InChI=1S/C12H11N5O/c13-17-16-8-7-15-12(18)10-5-6-14-11-4-2-1-3-9(10)11/h1-6H,7-8H2,(H,15,18). The van der Waals surface area contributed by atoms with Gasteiger partial charge in [-0.3, -0.25) is 9.78 Å². The Labute approximate surface area is 103 Å². The van der Waals surface area contributed by atoms with Gasteiger partial charge in [0.15, 0.2) is 0 Å². The van der Waals surface area contributed by atoms with Crippen LogP contribution in [0.4, 0.5) is 0 Å². The quantitative estimate of drug-likeness (QED) is 0.385. The second-order valence-electron chi connectivity index (χ2n) is 3.59. The van der Waals surface area contributed by atoms with Crippen molar-refractivity contribution in [3.05, 3.63) is 52.5 Å². The molecular formula is C12H11N5O. The number of carbonyl (C=O) groups is 1. The number of fused-ring (bicyclic) bond motifs is 1. The maximum absolute atomic E-state index is 11.9. The zero-order chi connectivity index (χ0) is 12.8. The van der Waals surface area contributed by atoms with E-state index >= 15 is 0 Å². The number of pyridine rings is 1. The molecule has 2 rings (SSSR count). The Bertz CT molecular complexity index is 613. The second kappa shape index (κ2) is 5.65. The zero-order valence-corrected chi connectivity index (χ0v) is 9.58. The summed E-state index contributed by atoms with van der Waals surface area (Å²) in [7, 11) is 0. The number of rotatable bonds is 4. The molecule has 0 atom stereocenters. The lowest BCUT2D eigenvalue weighted by atomic mass is 10.1. The molecule has 1 aromatic heterocycles. The Morgan fingerprint density at radius 2 is 2.22 bits per heavy atom. The third kappa shape index (κ3) is 2.56. The highest BCUT2D eigenvalue weighted by molar-refractivity contribution is 6.05. The average Bonchev–Trinajstić information content (AvgIpc) is 2.43. The minimum Gasteiger partial charge on any atom is -0.352 e. The first-order valence-corrected chi connectivity index (χ1v) is 5.46. The van der Waals surface area contributed by atoms with Crippen LogP contribution in [0.2, 0.25) is 0 Å². The number of nitrogens with zero attached hydrogens (tertiary/aromatic N) is 4. The van der Waals surface area contributed by atoms with Crippen molar-refractivity contribution in [3.8, 4) is 0 Å². The zero-order valence-electron chi connectivity index (χ0n) is 9.58. The molecule has 1 aromatic carbocycles. The van der Waals surface area contributed by atoms with Crippen LogP contribution < -0.4 is 5.32 Å². The van der Waals surface area contributed by atoms with Gasteiger partial charge in [0.05, 0.1) is 11.1 Å². The molecule has 0 aliphatic heterocycles. The number of azide groups is 1. The number of nitrogens with one attached hydrogen (secondary N) is 1. The van der Waals surface area contributed by atoms with Gasteiger partial charge in [0.1, 0.15) is 0 Å². The molecule has 0 saturated heterocycles. The molecule has 6 heteroatoms. The van der Waals surface area contributed by atoms with Crippen LogP contribution >= 0.6 is 0 Å². The number of amides is 1. The summed E-state index contributed by atoms with van der Waals surface area (Å²) in [6.45, 7) is 0.560. The van der Waals surface area contributed by atoms with Crippen LogP contribution in [0.5, 0.6) is 0 Å². The highest BCUT2D eigenvalue weighted by Crippen LogP contribution is 2.15. The van der Waals surface area contributed by atoms with Crippen molar-refractivity contribution < 1.29 is 4.79 Å². The van der Waals surface area contributed by atoms with Gasteiger partial charge in [-0.25, -0.2) is 0 Å². The van der Waals surface area contributed by atoms with Gasteiger partial charge in [0.25, 0.3) is 5.91 Å². The number of para-hydroxylation sites is 1. The summed E-state index contributed by atoms with van der Waals surface area (Å²) < 4.78 is 0. The molecule has 0 spiro atoms. The van der Waals surface area contributed by atoms with E-state index in [4.69, 9.17) is 5.53 Å². The van der Waals surface area contributed by atoms with Crippen LogP contribution in [-0.2, 0) is 0 Å². The van der Waals surface area contributed by atoms with E-state index in [1.807, 2.05) is 24.3 Å². The van der Waals surface area contributed by atoms with Crippen molar-refractivity contribution in [1.82, 2.24) is 10.3 Å². The monoisotopic (exact) mass is 241 g/mol. The van der Waals surface area contributed by atoms with E-state index in [1.165, 1.54) is 0 Å². The first-order chi connectivity index (χ1) is 8.83. The van der Waals surface area contributed by atoms with Crippen LogP contribution in [0.1, 0.15) is 10.4 Å². The molecule has 90 valence electrons. The van der Waals surface area contributed by atoms with E-state index in [1.54, 1.807) is 12.3 Å². The van der Waals surface area contributed by atoms with E-state index in [2.05, 4.69) is 20.3 Å². The lowest BCUT2D eigenvalue weighted by Gasteiger charge is -2.06. The lowest BCUT2D eigenvalue weighted by molar-refractivity contribution is 0.0956. The molecule has 2 aromatic rings. The second-order valence-corrected chi connectivity index (χ2v) is 3.59. The van der Waals surface area contributed by atoms with Crippen LogP contribution in [0.3, 0.4) is 0 Å². The first-order valence-electron chi connectivity index (χ1n) is 5.46. The van der Waals surface area contributed by atoms with Crippen molar-refractivity contribution in [2.75, 3.05) is 13.1 Å². The van der Waals surface area contributed by atoms with Gasteiger partial charge in [0.2, 0.25) is 0 Å². The van der Waals surface area contributed by atoms with Crippen molar-refractivity contribution in [2.24, 2.45) is 5.11 Å². The molecule has 1 heterocycles. The molecule has 0 bridgehead atoms. The molecule has 0 fully saturated rings. The predicted molar refractivity (Wildman–Crippen MR) is 68.1 cm³/mol. The number of hydrogen-bond donors (Lipinski definition) is 1. The number of benzene rings is 1. The summed E-state index contributed by atoms with van der Waals surface area (Å²) in [6, 6.07) is 9.11. The summed E-state index contributed by atoms with van der Waals surface area (Å²) in [5.74, 6) is -0.193. The smallest absolute Gasteiger partial charge is 0.252 e. The molecule has 6 nitrogen and oxygen atoms in total. The Morgan fingerprint density at radius 3 is 3.06 bits per heavy atom. The molecule has 0 aliphatic carbocycles. The molecule has 0 saturated carbocycles.